The third-order valence-corrected chi connectivity index (χ3v) is 3.81. The Kier molecular flexibility index (Phi) is 4.34. The highest BCUT2D eigenvalue weighted by Crippen LogP contribution is 2.28. The maximum atomic E-state index is 12.5. The minimum atomic E-state index is -0.702. The summed E-state index contributed by atoms with van der Waals surface area (Å²) < 4.78 is 5.28. The van der Waals surface area contributed by atoms with Gasteiger partial charge in [-0.15, -0.1) is 0 Å². The molecule has 2 aliphatic rings. The summed E-state index contributed by atoms with van der Waals surface area (Å²) in [6.07, 6.45) is 1.92. The molecule has 6 nitrogen and oxygen atoms in total. The summed E-state index contributed by atoms with van der Waals surface area (Å²) in [6.45, 7) is 8.61. The van der Waals surface area contributed by atoms with E-state index in [2.05, 4.69) is 31.4 Å². The summed E-state index contributed by atoms with van der Waals surface area (Å²) in [7, 11) is 0. The molecule has 0 unspecified atom stereocenters. The molecule has 0 saturated carbocycles. The molecule has 2 saturated heterocycles. The number of hydrogen-bond donors (Lipinski definition) is 2. The van der Waals surface area contributed by atoms with Crippen molar-refractivity contribution in [2.75, 3.05) is 26.3 Å². The molecule has 3 amide bonds. The van der Waals surface area contributed by atoms with Crippen molar-refractivity contribution in [1.82, 2.24) is 15.5 Å². The van der Waals surface area contributed by atoms with Gasteiger partial charge in [-0.1, -0.05) is 0 Å². The van der Waals surface area contributed by atoms with Gasteiger partial charge >= 0.3 is 6.03 Å². The van der Waals surface area contributed by atoms with E-state index in [4.69, 9.17) is 4.74 Å². The van der Waals surface area contributed by atoms with E-state index in [0.717, 1.165) is 13.0 Å². The number of imide groups is 1. The Morgan fingerprint density at radius 2 is 1.95 bits per heavy atom. The fourth-order valence-corrected chi connectivity index (χ4v) is 2.64. The van der Waals surface area contributed by atoms with E-state index in [9.17, 15) is 9.59 Å². The first-order chi connectivity index (χ1) is 9.34. The van der Waals surface area contributed by atoms with Crippen molar-refractivity contribution >= 4 is 11.9 Å². The van der Waals surface area contributed by atoms with Crippen molar-refractivity contribution in [1.29, 1.82) is 0 Å². The number of nitrogens with zero attached hydrogens (tertiary/aromatic N) is 1. The maximum Gasteiger partial charge on any atom is 0.325 e. The van der Waals surface area contributed by atoms with E-state index < -0.39 is 5.54 Å². The molecular formula is C14H25N3O3. The standard InChI is InChI=1S/C14H25N3O3/c1-13(2,3)15-7-4-8-17-11(18)14(16-12(17)19)5-9-20-10-6-14/h15H,4-10H2,1-3H3,(H,16,19). The zero-order chi connectivity index (χ0) is 14.8. The Bertz CT molecular complexity index is 384. The van der Waals surface area contributed by atoms with Crippen LogP contribution in [0.15, 0.2) is 0 Å². The first-order valence-corrected chi connectivity index (χ1v) is 7.31. The van der Waals surface area contributed by atoms with Gasteiger partial charge in [0.25, 0.3) is 5.91 Å². The number of carbonyl (C=O) groups excluding carboxylic acids is 2. The van der Waals surface area contributed by atoms with Crippen LogP contribution < -0.4 is 10.6 Å². The van der Waals surface area contributed by atoms with Gasteiger partial charge in [-0.3, -0.25) is 9.69 Å². The molecule has 2 N–H and O–H groups in total. The lowest BCUT2D eigenvalue weighted by Crippen LogP contribution is -2.51. The lowest BCUT2D eigenvalue weighted by Gasteiger charge is -2.30. The van der Waals surface area contributed by atoms with Crippen LogP contribution in [0.2, 0.25) is 0 Å². The summed E-state index contributed by atoms with van der Waals surface area (Å²) >= 11 is 0. The number of ether oxygens (including phenoxy) is 1. The van der Waals surface area contributed by atoms with Crippen LogP contribution in [0.5, 0.6) is 0 Å². The second kappa shape index (κ2) is 5.69. The van der Waals surface area contributed by atoms with Crippen LogP contribution in [-0.2, 0) is 9.53 Å². The Balaban J connectivity index is 1.86. The van der Waals surface area contributed by atoms with Crippen LogP contribution >= 0.6 is 0 Å². The van der Waals surface area contributed by atoms with E-state index in [1.807, 2.05) is 0 Å². The molecule has 1 spiro atoms. The summed E-state index contributed by atoms with van der Waals surface area (Å²) in [5.74, 6) is -0.0819. The van der Waals surface area contributed by atoms with Gasteiger partial charge in [-0.25, -0.2) is 4.79 Å². The van der Waals surface area contributed by atoms with Gasteiger partial charge in [-0.2, -0.15) is 0 Å². The van der Waals surface area contributed by atoms with Crippen LogP contribution in [0.3, 0.4) is 0 Å². The summed E-state index contributed by atoms with van der Waals surface area (Å²) in [5, 5.41) is 6.22. The fourth-order valence-electron chi connectivity index (χ4n) is 2.64. The van der Waals surface area contributed by atoms with Crippen molar-refractivity contribution in [3.05, 3.63) is 0 Å². The van der Waals surface area contributed by atoms with Gasteiger partial charge < -0.3 is 15.4 Å². The Labute approximate surface area is 120 Å². The molecule has 0 aliphatic carbocycles. The molecule has 20 heavy (non-hydrogen) atoms. The van der Waals surface area contributed by atoms with Gasteiger partial charge in [0.05, 0.1) is 0 Å². The normalized spacial score (nSPS) is 22.4. The second-order valence-corrected chi connectivity index (χ2v) is 6.61. The lowest BCUT2D eigenvalue weighted by atomic mass is 9.90. The number of hydrogen-bond acceptors (Lipinski definition) is 4. The average Bonchev–Trinajstić information content (AvgIpc) is 2.58. The molecule has 6 heteroatoms. The van der Waals surface area contributed by atoms with Crippen molar-refractivity contribution < 1.29 is 14.3 Å². The molecule has 2 rings (SSSR count). The predicted octanol–water partition coefficient (Wildman–Crippen LogP) is 0.866. The Morgan fingerprint density at radius 1 is 1.30 bits per heavy atom. The Morgan fingerprint density at radius 3 is 2.55 bits per heavy atom. The van der Waals surface area contributed by atoms with E-state index >= 15 is 0 Å². The zero-order valence-electron chi connectivity index (χ0n) is 12.6. The molecule has 0 aromatic rings. The fraction of sp³-hybridized carbons (Fsp3) is 0.857. The van der Waals surface area contributed by atoms with E-state index in [0.29, 0.717) is 32.6 Å². The summed E-state index contributed by atoms with van der Waals surface area (Å²) in [4.78, 5) is 25.8. The number of rotatable bonds is 4. The van der Waals surface area contributed by atoms with Gasteiger partial charge in [-0.05, 0) is 33.7 Å². The Hall–Kier alpha value is -1.14. The summed E-state index contributed by atoms with van der Waals surface area (Å²) in [6, 6.07) is -0.257. The SMILES string of the molecule is CC(C)(C)NCCCN1C(=O)NC2(CCOCC2)C1=O. The maximum absolute atomic E-state index is 12.5. The van der Waals surface area contributed by atoms with Crippen LogP contribution in [0.4, 0.5) is 4.79 Å². The van der Waals surface area contributed by atoms with E-state index in [1.165, 1.54) is 4.90 Å². The molecule has 0 aromatic carbocycles. The molecule has 2 aliphatic heterocycles. The van der Waals surface area contributed by atoms with Crippen LogP contribution in [0, 0.1) is 0 Å². The minimum absolute atomic E-state index is 0.0548. The van der Waals surface area contributed by atoms with E-state index in [-0.39, 0.29) is 17.5 Å². The summed E-state index contributed by atoms with van der Waals surface area (Å²) in [5.41, 5.74) is -0.647. The van der Waals surface area contributed by atoms with Crippen molar-refractivity contribution in [2.45, 2.75) is 51.1 Å². The highest BCUT2D eigenvalue weighted by molar-refractivity contribution is 6.07. The molecule has 0 aromatic heterocycles. The zero-order valence-corrected chi connectivity index (χ0v) is 12.6. The van der Waals surface area contributed by atoms with Crippen molar-refractivity contribution in [2.24, 2.45) is 0 Å². The number of nitrogens with one attached hydrogen (secondary N) is 2. The van der Waals surface area contributed by atoms with Gasteiger partial charge in [0.15, 0.2) is 0 Å². The number of carbonyl (C=O) groups is 2. The second-order valence-electron chi connectivity index (χ2n) is 6.61. The highest BCUT2D eigenvalue weighted by atomic mass is 16.5. The smallest absolute Gasteiger partial charge is 0.325 e. The van der Waals surface area contributed by atoms with Gasteiger partial charge in [0, 0.05) is 38.1 Å². The topological polar surface area (TPSA) is 70.7 Å². The van der Waals surface area contributed by atoms with Gasteiger partial charge in [0.2, 0.25) is 0 Å². The predicted molar refractivity (Wildman–Crippen MR) is 75.4 cm³/mol. The molecule has 0 radical (unpaired) electrons. The van der Waals surface area contributed by atoms with E-state index in [1.54, 1.807) is 0 Å². The molecule has 114 valence electrons. The van der Waals surface area contributed by atoms with Crippen LogP contribution in [0.25, 0.3) is 0 Å². The molecule has 2 heterocycles. The highest BCUT2D eigenvalue weighted by Gasteiger charge is 2.51. The van der Waals surface area contributed by atoms with Crippen LogP contribution in [0.1, 0.15) is 40.0 Å². The first kappa shape index (κ1) is 15.3. The largest absolute Gasteiger partial charge is 0.381 e. The molecule has 0 atom stereocenters. The monoisotopic (exact) mass is 283 g/mol. The quantitative estimate of drug-likeness (QED) is 0.593. The third kappa shape index (κ3) is 3.30. The van der Waals surface area contributed by atoms with Crippen molar-refractivity contribution in [3.63, 3.8) is 0 Å². The molecular weight excluding hydrogens is 258 g/mol. The third-order valence-electron chi connectivity index (χ3n) is 3.81. The van der Waals surface area contributed by atoms with Crippen molar-refractivity contribution in [3.8, 4) is 0 Å². The lowest BCUT2D eigenvalue weighted by molar-refractivity contribution is -0.134. The van der Waals surface area contributed by atoms with Gasteiger partial charge in [0.1, 0.15) is 5.54 Å². The number of urea groups is 1. The molecule has 0 bridgehead atoms. The number of amides is 3. The molecule has 2 fully saturated rings. The van der Waals surface area contributed by atoms with Crippen LogP contribution in [-0.4, -0.2) is 54.2 Å². The average molecular weight is 283 g/mol. The minimum Gasteiger partial charge on any atom is -0.381 e. The first-order valence-electron chi connectivity index (χ1n) is 7.31.